The van der Waals surface area contributed by atoms with Crippen molar-refractivity contribution in [3.63, 3.8) is 0 Å². The number of hydrogen-bond donors (Lipinski definition) is 1. The Labute approximate surface area is 198 Å². The summed E-state index contributed by atoms with van der Waals surface area (Å²) in [5.74, 6) is 0.0709. The van der Waals surface area contributed by atoms with Gasteiger partial charge in [0.15, 0.2) is 11.5 Å². The minimum Gasteiger partial charge on any atom is -0.493 e. The fourth-order valence-corrected chi connectivity index (χ4v) is 3.41. The van der Waals surface area contributed by atoms with Gasteiger partial charge in [-0.05, 0) is 72.5 Å². The van der Waals surface area contributed by atoms with Gasteiger partial charge in [0.1, 0.15) is 24.1 Å². The lowest BCUT2D eigenvalue weighted by molar-refractivity contribution is -0.112. The van der Waals surface area contributed by atoms with Crippen LogP contribution in [0.5, 0.6) is 11.5 Å². The average Bonchev–Trinajstić information content (AvgIpc) is 2.81. The highest BCUT2D eigenvalue weighted by atomic mass is 19.1. The number of nitrogens with one attached hydrogen (secondary N) is 1. The number of aryl methyl sites for hydroxylation is 1. The van der Waals surface area contributed by atoms with Crippen LogP contribution in [0.1, 0.15) is 22.3 Å². The monoisotopic (exact) mass is 456 g/mol. The summed E-state index contributed by atoms with van der Waals surface area (Å²) in [5, 5.41) is 12.3. The van der Waals surface area contributed by atoms with Crippen LogP contribution in [0.15, 0.2) is 78.9 Å². The van der Waals surface area contributed by atoms with Crippen LogP contribution in [0.3, 0.4) is 0 Å². The minimum atomic E-state index is -0.510. The molecule has 0 saturated heterocycles. The van der Waals surface area contributed by atoms with Gasteiger partial charge in [-0.1, -0.05) is 30.3 Å². The van der Waals surface area contributed by atoms with Crippen LogP contribution in [0.2, 0.25) is 0 Å². The maximum Gasteiger partial charge on any atom is 0.266 e. The van der Waals surface area contributed by atoms with Crippen molar-refractivity contribution in [2.24, 2.45) is 0 Å². The number of amides is 1. The smallest absolute Gasteiger partial charge is 0.266 e. The summed E-state index contributed by atoms with van der Waals surface area (Å²) >= 11 is 0. The van der Waals surface area contributed by atoms with Gasteiger partial charge in [0, 0.05) is 11.3 Å². The molecule has 0 aromatic heterocycles. The summed E-state index contributed by atoms with van der Waals surface area (Å²) in [5.41, 5.74) is 3.58. The molecule has 0 saturated carbocycles. The number of halogens is 1. The van der Waals surface area contributed by atoms with E-state index in [0.717, 1.165) is 11.1 Å². The van der Waals surface area contributed by atoms with Crippen LogP contribution >= 0.6 is 0 Å². The summed E-state index contributed by atoms with van der Waals surface area (Å²) in [6.45, 7) is 5.86. The Hall–Kier alpha value is -4.37. The molecule has 0 aliphatic carbocycles. The number of anilines is 1. The molecule has 0 atom stereocenters. The zero-order valence-electron chi connectivity index (χ0n) is 19.1. The van der Waals surface area contributed by atoms with Crippen molar-refractivity contribution in [2.45, 2.75) is 20.0 Å². The summed E-state index contributed by atoms with van der Waals surface area (Å²) in [6.07, 6.45) is 3.68. The Morgan fingerprint density at radius 3 is 2.65 bits per heavy atom. The fraction of sp³-hybridized carbons (Fsp3) is 0.143. The highest BCUT2D eigenvalue weighted by Gasteiger charge is 2.15. The Morgan fingerprint density at radius 2 is 1.97 bits per heavy atom. The number of methoxy groups -OCH3 is 1. The van der Waals surface area contributed by atoms with Crippen molar-refractivity contribution in [2.75, 3.05) is 12.4 Å². The minimum absolute atomic E-state index is 0.0541. The topological polar surface area (TPSA) is 71.4 Å². The molecular weight excluding hydrogens is 431 g/mol. The first-order chi connectivity index (χ1) is 16.4. The quantitative estimate of drug-likeness (QED) is 0.244. The van der Waals surface area contributed by atoms with Crippen molar-refractivity contribution < 1.29 is 18.7 Å². The highest BCUT2D eigenvalue weighted by Crippen LogP contribution is 2.35. The molecule has 3 aromatic carbocycles. The first-order valence-electron chi connectivity index (χ1n) is 10.6. The molecule has 0 bridgehead atoms. The lowest BCUT2D eigenvalue weighted by atomic mass is 10.0. The van der Waals surface area contributed by atoms with E-state index in [0.29, 0.717) is 34.7 Å². The summed E-state index contributed by atoms with van der Waals surface area (Å²) < 4.78 is 25.0. The van der Waals surface area contributed by atoms with E-state index in [4.69, 9.17) is 9.47 Å². The van der Waals surface area contributed by atoms with Crippen LogP contribution in [-0.4, -0.2) is 13.0 Å². The molecule has 0 radical (unpaired) electrons. The number of hydrogen-bond acceptors (Lipinski definition) is 4. The van der Waals surface area contributed by atoms with Crippen molar-refractivity contribution in [3.8, 4) is 17.6 Å². The second-order valence-electron chi connectivity index (χ2n) is 7.62. The number of rotatable bonds is 9. The maximum absolute atomic E-state index is 13.5. The summed E-state index contributed by atoms with van der Waals surface area (Å²) in [6, 6.07) is 19.0. The maximum atomic E-state index is 13.5. The summed E-state index contributed by atoms with van der Waals surface area (Å²) in [4.78, 5) is 12.7. The van der Waals surface area contributed by atoms with Gasteiger partial charge in [0.2, 0.25) is 0 Å². The molecule has 172 valence electrons. The average molecular weight is 457 g/mol. The van der Waals surface area contributed by atoms with Crippen LogP contribution in [0, 0.1) is 24.1 Å². The molecule has 0 fully saturated rings. The Kier molecular flexibility index (Phi) is 8.20. The van der Waals surface area contributed by atoms with E-state index in [-0.39, 0.29) is 18.0 Å². The van der Waals surface area contributed by atoms with Gasteiger partial charge < -0.3 is 14.8 Å². The second kappa shape index (κ2) is 11.5. The second-order valence-corrected chi connectivity index (χ2v) is 7.62. The van der Waals surface area contributed by atoms with E-state index < -0.39 is 5.91 Å². The van der Waals surface area contributed by atoms with Gasteiger partial charge in [-0.15, -0.1) is 6.58 Å². The highest BCUT2D eigenvalue weighted by molar-refractivity contribution is 6.09. The molecule has 6 heteroatoms. The standard InChI is InChI=1S/C28H25FN2O3/c1-4-7-22-13-21(14-23(17-30)28(32)31-25-11-5-8-19(2)12-25)16-26(33-3)27(22)34-18-20-9-6-10-24(29)15-20/h4-6,8-16H,1,7,18H2,2-3H3,(H,31,32)/b23-14+. The van der Waals surface area contributed by atoms with Gasteiger partial charge in [-0.3, -0.25) is 4.79 Å². The predicted octanol–water partition coefficient (Wildman–Crippen LogP) is 6.00. The molecule has 3 aromatic rings. The third-order valence-electron chi connectivity index (χ3n) is 4.96. The fourth-order valence-electron chi connectivity index (χ4n) is 3.41. The Bertz CT molecular complexity index is 1270. The van der Waals surface area contributed by atoms with Gasteiger partial charge in [0.05, 0.1) is 7.11 Å². The number of carbonyl (C=O) groups excluding carboxylic acids is 1. The molecule has 0 spiro atoms. The van der Waals surface area contributed by atoms with E-state index in [1.54, 1.807) is 30.3 Å². The SMILES string of the molecule is C=CCc1cc(/C=C(\C#N)C(=O)Nc2cccc(C)c2)cc(OC)c1OCc1cccc(F)c1. The Morgan fingerprint density at radius 1 is 1.18 bits per heavy atom. The van der Waals surface area contributed by atoms with Gasteiger partial charge in [-0.25, -0.2) is 4.39 Å². The van der Waals surface area contributed by atoms with Crippen LogP contribution < -0.4 is 14.8 Å². The molecular formula is C28H25FN2O3. The third kappa shape index (κ3) is 6.33. The molecule has 34 heavy (non-hydrogen) atoms. The largest absolute Gasteiger partial charge is 0.493 e. The van der Waals surface area contributed by atoms with E-state index in [1.807, 2.05) is 37.3 Å². The van der Waals surface area contributed by atoms with Crippen molar-refractivity contribution >= 4 is 17.7 Å². The van der Waals surface area contributed by atoms with Crippen LogP contribution in [0.25, 0.3) is 6.08 Å². The van der Waals surface area contributed by atoms with Gasteiger partial charge in [0.25, 0.3) is 5.91 Å². The number of nitriles is 1. The molecule has 3 rings (SSSR count). The molecule has 0 heterocycles. The number of allylic oxidation sites excluding steroid dienone is 1. The number of ether oxygens (including phenoxy) is 2. The lowest BCUT2D eigenvalue weighted by Gasteiger charge is -2.16. The van der Waals surface area contributed by atoms with Crippen LogP contribution in [-0.2, 0) is 17.8 Å². The summed E-state index contributed by atoms with van der Waals surface area (Å²) in [7, 11) is 1.51. The van der Waals surface area contributed by atoms with E-state index in [9.17, 15) is 14.4 Å². The zero-order chi connectivity index (χ0) is 24.5. The molecule has 5 nitrogen and oxygen atoms in total. The number of carbonyl (C=O) groups is 1. The predicted molar refractivity (Wildman–Crippen MR) is 131 cm³/mol. The lowest BCUT2D eigenvalue weighted by Crippen LogP contribution is -2.13. The van der Waals surface area contributed by atoms with Gasteiger partial charge in [-0.2, -0.15) is 5.26 Å². The third-order valence-corrected chi connectivity index (χ3v) is 4.96. The number of benzene rings is 3. The normalized spacial score (nSPS) is 10.8. The first kappa shape index (κ1) is 24.3. The molecule has 1 amide bonds. The van der Waals surface area contributed by atoms with Crippen molar-refractivity contribution in [3.05, 3.63) is 107 Å². The van der Waals surface area contributed by atoms with E-state index in [1.165, 1.54) is 25.3 Å². The van der Waals surface area contributed by atoms with E-state index >= 15 is 0 Å². The molecule has 0 aliphatic rings. The zero-order valence-corrected chi connectivity index (χ0v) is 19.1. The number of nitrogens with zero attached hydrogens (tertiary/aromatic N) is 1. The molecule has 0 aliphatic heterocycles. The van der Waals surface area contributed by atoms with E-state index in [2.05, 4.69) is 11.9 Å². The van der Waals surface area contributed by atoms with Crippen LogP contribution in [0.4, 0.5) is 10.1 Å². The molecule has 0 unspecified atom stereocenters. The van der Waals surface area contributed by atoms with Gasteiger partial charge >= 0.3 is 0 Å². The molecule has 1 N–H and O–H groups in total. The van der Waals surface area contributed by atoms with Crippen molar-refractivity contribution in [1.82, 2.24) is 0 Å². The van der Waals surface area contributed by atoms with Crippen molar-refractivity contribution in [1.29, 1.82) is 5.26 Å². The first-order valence-corrected chi connectivity index (χ1v) is 10.6. The Balaban J connectivity index is 1.90.